The third-order valence-electron chi connectivity index (χ3n) is 2.45. The molecule has 2 rings (SSSR count). The Labute approximate surface area is 103 Å². The molecule has 0 radical (unpaired) electrons. The molecule has 3 nitrogen and oxygen atoms in total. The molecule has 0 amide bonds. The van der Waals surface area contributed by atoms with Gasteiger partial charge >= 0.3 is 0 Å². The lowest BCUT2D eigenvalue weighted by molar-refractivity contribution is 0.338. The van der Waals surface area contributed by atoms with E-state index in [1.165, 1.54) is 10.9 Å². The Bertz CT molecular complexity index is 552. The van der Waals surface area contributed by atoms with Crippen LogP contribution in [0.25, 0.3) is 10.9 Å². The van der Waals surface area contributed by atoms with Gasteiger partial charge < -0.3 is 9.09 Å². The molecule has 17 heavy (non-hydrogen) atoms. The molecular formula is C13H18N2OSi. The molecule has 0 unspecified atom stereocenters. The van der Waals surface area contributed by atoms with Crippen molar-refractivity contribution >= 4 is 25.4 Å². The Balaban J connectivity index is 2.31. The van der Waals surface area contributed by atoms with E-state index in [4.69, 9.17) is 4.53 Å². The third-order valence-corrected chi connectivity index (χ3v) is 3.10. The third kappa shape index (κ3) is 2.77. The van der Waals surface area contributed by atoms with E-state index < -0.39 is 8.32 Å². The van der Waals surface area contributed by atoms with Gasteiger partial charge in [0.25, 0.3) is 8.32 Å². The Morgan fingerprint density at radius 2 is 1.94 bits per heavy atom. The van der Waals surface area contributed by atoms with Crippen LogP contribution in [0.1, 0.15) is 5.56 Å². The zero-order valence-electron chi connectivity index (χ0n) is 10.8. The highest BCUT2D eigenvalue weighted by atomic mass is 28.4. The van der Waals surface area contributed by atoms with Crippen LogP contribution in [-0.4, -0.2) is 19.1 Å². The van der Waals surface area contributed by atoms with E-state index >= 15 is 0 Å². The van der Waals surface area contributed by atoms with Crippen LogP contribution >= 0.6 is 0 Å². The number of para-hydroxylation sites is 1. The van der Waals surface area contributed by atoms with Crippen LogP contribution < -0.4 is 0 Å². The summed E-state index contributed by atoms with van der Waals surface area (Å²) in [6.07, 6.45) is 3.88. The molecule has 0 fully saturated rings. The van der Waals surface area contributed by atoms with Gasteiger partial charge in [0.1, 0.15) is 0 Å². The minimum absolute atomic E-state index is 1.10. The van der Waals surface area contributed by atoms with Gasteiger partial charge in [0.15, 0.2) is 0 Å². The van der Waals surface area contributed by atoms with Crippen molar-refractivity contribution in [2.75, 3.05) is 0 Å². The average molecular weight is 246 g/mol. The topological polar surface area (TPSA) is 26.5 Å². The lowest BCUT2D eigenvalue weighted by Gasteiger charge is -2.11. The van der Waals surface area contributed by atoms with E-state index in [0.717, 1.165) is 5.56 Å². The molecule has 1 heterocycles. The van der Waals surface area contributed by atoms with Crippen molar-refractivity contribution in [3.63, 3.8) is 0 Å². The number of rotatable bonds is 3. The second-order valence-corrected chi connectivity index (χ2v) is 9.56. The first-order valence-corrected chi connectivity index (χ1v) is 9.14. The Kier molecular flexibility index (Phi) is 3.06. The van der Waals surface area contributed by atoms with Crippen molar-refractivity contribution in [2.45, 2.75) is 19.6 Å². The van der Waals surface area contributed by atoms with Crippen molar-refractivity contribution in [2.24, 2.45) is 12.2 Å². The summed E-state index contributed by atoms with van der Waals surface area (Å²) < 4.78 is 7.59. The number of benzene rings is 1. The predicted molar refractivity (Wildman–Crippen MR) is 74.9 cm³/mol. The maximum absolute atomic E-state index is 5.49. The normalized spacial score (nSPS) is 12.5. The minimum atomic E-state index is -1.58. The van der Waals surface area contributed by atoms with Gasteiger partial charge in [-0.2, -0.15) is 0 Å². The van der Waals surface area contributed by atoms with Crippen molar-refractivity contribution in [3.05, 3.63) is 36.0 Å². The Hall–Kier alpha value is -1.55. The molecular weight excluding hydrogens is 228 g/mol. The summed E-state index contributed by atoms with van der Waals surface area (Å²) in [5.41, 5.74) is 2.31. The average Bonchev–Trinajstić information content (AvgIpc) is 2.55. The fourth-order valence-electron chi connectivity index (χ4n) is 1.72. The zero-order chi connectivity index (χ0) is 12.5. The summed E-state index contributed by atoms with van der Waals surface area (Å²) >= 11 is 0. The van der Waals surface area contributed by atoms with E-state index in [-0.39, 0.29) is 0 Å². The maximum atomic E-state index is 5.49. The zero-order valence-corrected chi connectivity index (χ0v) is 11.8. The molecule has 0 spiro atoms. The molecule has 90 valence electrons. The van der Waals surface area contributed by atoms with Gasteiger partial charge in [0, 0.05) is 29.7 Å². The number of aromatic nitrogens is 1. The molecule has 4 heteroatoms. The second kappa shape index (κ2) is 4.37. The molecule has 0 aliphatic carbocycles. The summed E-state index contributed by atoms with van der Waals surface area (Å²) in [6, 6.07) is 8.29. The number of hydrogen-bond acceptors (Lipinski definition) is 2. The molecule has 0 atom stereocenters. The lowest BCUT2D eigenvalue weighted by atomic mass is 10.2. The minimum Gasteiger partial charge on any atom is -0.456 e. The number of oxime groups is 1. The maximum Gasteiger partial charge on any atom is 0.278 e. The van der Waals surface area contributed by atoms with E-state index in [2.05, 4.69) is 47.7 Å². The van der Waals surface area contributed by atoms with Crippen LogP contribution in [0.3, 0.4) is 0 Å². The van der Waals surface area contributed by atoms with E-state index in [9.17, 15) is 0 Å². The molecule has 1 aromatic carbocycles. The van der Waals surface area contributed by atoms with Crippen molar-refractivity contribution in [1.29, 1.82) is 0 Å². The lowest BCUT2D eigenvalue weighted by Crippen LogP contribution is -2.22. The quantitative estimate of drug-likeness (QED) is 0.463. The highest BCUT2D eigenvalue weighted by Gasteiger charge is 2.15. The predicted octanol–water partition coefficient (Wildman–Crippen LogP) is 3.36. The van der Waals surface area contributed by atoms with Crippen LogP contribution in [0.15, 0.2) is 35.6 Å². The molecule has 2 aromatic rings. The highest BCUT2D eigenvalue weighted by Crippen LogP contribution is 2.18. The van der Waals surface area contributed by atoms with E-state index in [1.54, 1.807) is 6.21 Å². The van der Waals surface area contributed by atoms with Gasteiger partial charge in [-0.25, -0.2) is 0 Å². The summed E-state index contributed by atoms with van der Waals surface area (Å²) in [7, 11) is 0.464. The van der Waals surface area contributed by atoms with Crippen LogP contribution in [0.4, 0.5) is 0 Å². The van der Waals surface area contributed by atoms with Crippen LogP contribution in [-0.2, 0) is 11.6 Å². The Morgan fingerprint density at radius 1 is 1.24 bits per heavy atom. The van der Waals surface area contributed by atoms with Gasteiger partial charge in [-0.3, -0.25) is 0 Å². The Morgan fingerprint density at radius 3 is 2.65 bits per heavy atom. The van der Waals surface area contributed by atoms with Gasteiger partial charge in [0.2, 0.25) is 0 Å². The van der Waals surface area contributed by atoms with Crippen molar-refractivity contribution < 1.29 is 4.53 Å². The first kappa shape index (κ1) is 11.9. The largest absolute Gasteiger partial charge is 0.456 e. The fraction of sp³-hybridized carbons (Fsp3) is 0.308. The molecule has 0 N–H and O–H groups in total. The summed E-state index contributed by atoms with van der Waals surface area (Å²) in [6.45, 7) is 6.36. The molecule has 1 aromatic heterocycles. The van der Waals surface area contributed by atoms with Crippen molar-refractivity contribution in [3.8, 4) is 0 Å². The summed E-state index contributed by atoms with van der Waals surface area (Å²) in [5.74, 6) is 0. The van der Waals surface area contributed by atoms with E-state index in [0.29, 0.717) is 0 Å². The summed E-state index contributed by atoms with van der Waals surface area (Å²) in [4.78, 5) is 0. The fourth-order valence-corrected chi connectivity index (χ4v) is 2.09. The SMILES string of the molecule is Cn1cc(/C=N/O[Si](C)(C)C)c2ccccc21. The first-order valence-electron chi connectivity index (χ1n) is 5.73. The van der Waals surface area contributed by atoms with Gasteiger partial charge in [-0.1, -0.05) is 18.2 Å². The van der Waals surface area contributed by atoms with Gasteiger partial charge in [-0.05, 0) is 25.7 Å². The van der Waals surface area contributed by atoms with Crippen molar-refractivity contribution in [1.82, 2.24) is 4.57 Å². The van der Waals surface area contributed by atoms with Crippen LogP contribution in [0, 0.1) is 0 Å². The number of fused-ring (bicyclic) bond motifs is 1. The number of aryl methyl sites for hydroxylation is 1. The van der Waals surface area contributed by atoms with Crippen LogP contribution in [0.2, 0.25) is 19.6 Å². The summed E-state index contributed by atoms with van der Waals surface area (Å²) in [5, 5.41) is 5.31. The molecule has 0 aliphatic heterocycles. The highest BCUT2D eigenvalue weighted by molar-refractivity contribution is 6.69. The number of hydrogen-bond donors (Lipinski definition) is 0. The standard InChI is InChI=1S/C13H18N2OSi/c1-15-10-11(9-14-16-17(2,3)4)12-7-5-6-8-13(12)15/h5-10H,1-4H3/b14-9+. The monoisotopic (exact) mass is 246 g/mol. The first-order chi connectivity index (χ1) is 7.97. The molecule has 0 aliphatic rings. The van der Waals surface area contributed by atoms with Gasteiger partial charge in [0.05, 0.1) is 6.21 Å². The van der Waals surface area contributed by atoms with Crippen LogP contribution in [0.5, 0.6) is 0 Å². The molecule has 0 saturated carbocycles. The second-order valence-electron chi connectivity index (χ2n) is 5.15. The molecule has 0 bridgehead atoms. The van der Waals surface area contributed by atoms with E-state index in [1.807, 2.05) is 19.2 Å². The number of nitrogens with zero attached hydrogens (tertiary/aromatic N) is 2. The smallest absolute Gasteiger partial charge is 0.278 e. The molecule has 0 saturated heterocycles. The van der Waals surface area contributed by atoms with Gasteiger partial charge in [-0.15, -0.1) is 5.16 Å².